The summed E-state index contributed by atoms with van der Waals surface area (Å²) in [5.41, 5.74) is 0. The fourth-order valence-corrected chi connectivity index (χ4v) is 2.13. The van der Waals surface area contributed by atoms with Crippen LogP contribution in [0.25, 0.3) is 0 Å². The highest BCUT2D eigenvalue weighted by Crippen LogP contribution is 2.14. The Morgan fingerprint density at radius 1 is 1.47 bits per heavy atom. The molecule has 8 heteroatoms. The number of aliphatic hydroxyl groups excluding tert-OH is 1. The van der Waals surface area contributed by atoms with E-state index in [1.165, 1.54) is 11.8 Å². The Kier molecular flexibility index (Phi) is 7.96. The topological polar surface area (TPSA) is 85.1 Å². The maximum absolute atomic E-state index is 9.77. The highest BCUT2D eigenvalue weighted by Gasteiger charge is 2.11. The number of likely N-dealkylation sites (N-methyl/N-ethyl adjacent to an activating group) is 1. The second-order valence-corrected chi connectivity index (χ2v) is 5.37. The molecule has 0 bridgehead atoms. The molecule has 1 atom stereocenters. The van der Waals surface area contributed by atoms with Crippen molar-refractivity contribution >= 4 is 11.8 Å². The zero-order valence-corrected chi connectivity index (χ0v) is 12.6. The summed E-state index contributed by atoms with van der Waals surface area (Å²) in [4.78, 5) is 0. The minimum absolute atomic E-state index is 0.130. The van der Waals surface area contributed by atoms with Crippen LogP contribution in [0, 0.1) is 0 Å². The zero-order chi connectivity index (χ0) is 14.1. The molecule has 0 aliphatic rings. The quantitative estimate of drug-likeness (QED) is 0.469. The van der Waals surface area contributed by atoms with E-state index in [9.17, 15) is 5.11 Å². The molecular weight excluding hydrogens is 266 g/mol. The Balaban J connectivity index is 2.30. The molecule has 0 amide bonds. The van der Waals surface area contributed by atoms with Gasteiger partial charge in [0.05, 0.1) is 25.4 Å². The summed E-state index contributed by atoms with van der Waals surface area (Å²) in [6.07, 6.45) is -0.378. The molecule has 0 radical (unpaired) electrons. The molecule has 1 aromatic rings. The molecule has 1 heterocycles. The van der Waals surface area contributed by atoms with E-state index >= 15 is 0 Å². The fourth-order valence-electron chi connectivity index (χ4n) is 1.32. The number of aliphatic hydroxyl groups is 1. The van der Waals surface area contributed by atoms with Gasteiger partial charge >= 0.3 is 0 Å². The van der Waals surface area contributed by atoms with Crippen molar-refractivity contribution in [3.63, 3.8) is 0 Å². The minimum Gasteiger partial charge on any atom is -0.390 e. The van der Waals surface area contributed by atoms with Crippen LogP contribution in [0.4, 0.5) is 0 Å². The lowest BCUT2D eigenvalue weighted by atomic mass is 10.4. The highest BCUT2D eigenvalue weighted by molar-refractivity contribution is 7.99. The number of rotatable bonds is 10. The first-order chi connectivity index (χ1) is 9.13. The first kappa shape index (κ1) is 16.4. The van der Waals surface area contributed by atoms with E-state index in [-0.39, 0.29) is 6.10 Å². The van der Waals surface area contributed by atoms with E-state index in [4.69, 9.17) is 4.74 Å². The van der Waals surface area contributed by atoms with Gasteiger partial charge in [-0.05, 0) is 30.8 Å². The van der Waals surface area contributed by atoms with Crippen LogP contribution in [0.5, 0.6) is 0 Å². The Labute approximate surface area is 118 Å². The average molecular weight is 289 g/mol. The van der Waals surface area contributed by atoms with Crippen LogP contribution < -0.4 is 5.32 Å². The summed E-state index contributed by atoms with van der Waals surface area (Å²) in [7, 11) is 0. The average Bonchev–Trinajstić information content (AvgIpc) is 2.82. The van der Waals surface area contributed by atoms with Gasteiger partial charge in [-0.15, -0.1) is 5.10 Å². The first-order valence-electron chi connectivity index (χ1n) is 6.52. The lowest BCUT2D eigenvalue weighted by molar-refractivity contribution is 0.0152. The van der Waals surface area contributed by atoms with Gasteiger partial charge in [0.2, 0.25) is 5.16 Å². The van der Waals surface area contributed by atoms with Crippen LogP contribution in [-0.4, -0.2) is 63.0 Å². The van der Waals surface area contributed by atoms with Crippen molar-refractivity contribution in [2.75, 3.05) is 25.4 Å². The lowest BCUT2D eigenvalue weighted by Gasteiger charge is -2.12. The van der Waals surface area contributed by atoms with Crippen molar-refractivity contribution in [1.29, 1.82) is 0 Å². The molecule has 110 valence electrons. The van der Waals surface area contributed by atoms with Gasteiger partial charge in [-0.1, -0.05) is 18.7 Å². The molecule has 7 nitrogen and oxygen atoms in total. The Bertz CT molecular complexity index is 348. The van der Waals surface area contributed by atoms with Crippen molar-refractivity contribution in [3.8, 4) is 0 Å². The van der Waals surface area contributed by atoms with Gasteiger partial charge in [-0.2, -0.15) is 0 Å². The molecule has 2 N–H and O–H groups in total. The fraction of sp³-hybridized carbons (Fsp3) is 0.909. The number of nitrogens with zero attached hydrogens (tertiary/aromatic N) is 4. The highest BCUT2D eigenvalue weighted by atomic mass is 32.2. The van der Waals surface area contributed by atoms with E-state index in [1.54, 1.807) is 4.68 Å². The maximum Gasteiger partial charge on any atom is 0.209 e. The summed E-state index contributed by atoms with van der Waals surface area (Å²) in [6, 6.07) is 0. The Morgan fingerprint density at radius 3 is 2.95 bits per heavy atom. The molecule has 0 fully saturated rings. The monoisotopic (exact) mass is 289 g/mol. The molecule has 0 spiro atoms. The van der Waals surface area contributed by atoms with Crippen LogP contribution in [-0.2, 0) is 11.3 Å². The second-order valence-electron chi connectivity index (χ2n) is 4.39. The van der Waals surface area contributed by atoms with Gasteiger partial charge < -0.3 is 15.2 Å². The van der Waals surface area contributed by atoms with Gasteiger partial charge in [-0.25, -0.2) is 4.68 Å². The third-order valence-corrected chi connectivity index (χ3v) is 3.38. The van der Waals surface area contributed by atoms with Crippen LogP contribution in [0.3, 0.4) is 0 Å². The minimum atomic E-state index is -0.508. The predicted octanol–water partition coefficient (Wildman–Crippen LogP) is 0.161. The summed E-state index contributed by atoms with van der Waals surface area (Å²) in [5.74, 6) is 0.522. The third kappa shape index (κ3) is 6.86. The zero-order valence-electron chi connectivity index (χ0n) is 11.7. The number of aromatic nitrogens is 4. The number of hydrogen-bond donors (Lipinski definition) is 2. The molecule has 1 rings (SSSR count). The van der Waals surface area contributed by atoms with Gasteiger partial charge in [0.25, 0.3) is 0 Å². The molecule has 0 aliphatic carbocycles. The number of tetrazole rings is 1. The van der Waals surface area contributed by atoms with Crippen LogP contribution in [0.1, 0.15) is 20.8 Å². The van der Waals surface area contributed by atoms with Gasteiger partial charge in [0.1, 0.15) is 0 Å². The van der Waals surface area contributed by atoms with Crippen LogP contribution in [0.2, 0.25) is 0 Å². The van der Waals surface area contributed by atoms with Crippen molar-refractivity contribution in [3.05, 3.63) is 0 Å². The summed E-state index contributed by atoms with van der Waals surface area (Å²) >= 11 is 1.44. The van der Waals surface area contributed by atoms with Crippen LogP contribution >= 0.6 is 11.8 Å². The predicted molar refractivity (Wildman–Crippen MR) is 74.2 cm³/mol. The lowest BCUT2D eigenvalue weighted by Crippen LogP contribution is -2.22. The Morgan fingerprint density at radius 2 is 2.26 bits per heavy atom. The summed E-state index contributed by atoms with van der Waals surface area (Å²) in [6.45, 7) is 8.76. The third-order valence-electron chi connectivity index (χ3n) is 2.28. The van der Waals surface area contributed by atoms with Gasteiger partial charge in [-0.3, -0.25) is 0 Å². The van der Waals surface area contributed by atoms with E-state index in [0.29, 0.717) is 12.4 Å². The van der Waals surface area contributed by atoms with Crippen molar-refractivity contribution in [1.82, 2.24) is 25.5 Å². The molecule has 1 unspecified atom stereocenters. The Hall–Kier alpha value is -0.700. The van der Waals surface area contributed by atoms with Crippen molar-refractivity contribution < 1.29 is 9.84 Å². The molecular formula is C11H23N5O2S. The SMILES string of the molecule is CCNCCn1nnnc1SCC(O)COC(C)C. The number of ether oxygens (including phenoxy) is 1. The summed E-state index contributed by atoms with van der Waals surface area (Å²) < 4.78 is 7.09. The van der Waals surface area contributed by atoms with Crippen molar-refractivity contribution in [2.45, 2.75) is 44.7 Å². The van der Waals surface area contributed by atoms with E-state index in [1.807, 2.05) is 13.8 Å². The normalized spacial score (nSPS) is 13.1. The first-order valence-corrected chi connectivity index (χ1v) is 7.51. The molecule has 1 aromatic heterocycles. The molecule has 0 aromatic carbocycles. The van der Waals surface area contributed by atoms with Crippen molar-refractivity contribution in [2.24, 2.45) is 0 Å². The number of hydrogen-bond acceptors (Lipinski definition) is 7. The van der Waals surface area contributed by atoms with E-state index < -0.39 is 6.10 Å². The number of nitrogens with one attached hydrogen (secondary N) is 1. The van der Waals surface area contributed by atoms with Gasteiger partial charge in [0, 0.05) is 12.3 Å². The smallest absolute Gasteiger partial charge is 0.209 e. The molecule has 0 saturated heterocycles. The number of thioether (sulfide) groups is 1. The van der Waals surface area contributed by atoms with Crippen LogP contribution in [0.15, 0.2) is 5.16 Å². The summed E-state index contributed by atoms with van der Waals surface area (Å²) in [5, 5.41) is 25.2. The van der Waals surface area contributed by atoms with Gasteiger partial charge in [0.15, 0.2) is 0 Å². The second kappa shape index (κ2) is 9.24. The van der Waals surface area contributed by atoms with E-state index in [0.717, 1.165) is 24.8 Å². The molecule has 19 heavy (non-hydrogen) atoms. The molecule has 0 aliphatic heterocycles. The largest absolute Gasteiger partial charge is 0.390 e. The maximum atomic E-state index is 9.77. The molecule has 0 saturated carbocycles. The standard InChI is InChI=1S/C11H23N5O2S/c1-4-12-5-6-16-11(13-14-15-16)19-8-10(17)7-18-9(2)3/h9-10,12,17H,4-8H2,1-3H3. The van der Waals surface area contributed by atoms with E-state index in [2.05, 4.69) is 27.8 Å².